The van der Waals surface area contributed by atoms with E-state index in [4.69, 9.17) is 84.1 Å². The van der Waals surface area contributed by atoms with Crippen LogP contribution in [0.15, 0.2) is 159 Å². The number of amides is 2. The van der Waals surface area contributed by atoms with Crippen molar-refractivity contribution in [1.82, 2.24) is 19.4 Å². The SMILES string of the molecule is CC(C)(I)C(I)I.C[C@H]1c2c(cc(F)c(Cl)c2B2OC(C)(C)C(C)(C)O2)O[C@@]1(c1ccccc1)C1CCN1C(=O)OC(C)(C)C.C[C@H]1c2c(cc(F)c(Cl)c2Br)O[C@@]1(c1ccccc1)C1CCN1.C[C@H]1c2c(cc(F)c(Cl)c2Br)O[C@@]1(c1ccccc1)C1CCN1C(=O)OC(C)(C)C.C[C@H]1c2c(cc(F)c(Cl)c2Br)O[C@@]1(c1ccccc1)C1CCN1S(=O)(=O)C(C)(C)C. The van der Waals surface area contributed by atoms with Crippen LogP contribution in [-0.4, -0.2) is 125 Å². The van der Waals surface area contributed by atoms with Crippen molar-refractivity contribution in [2.75, 3.05) is 26.2 Å². The molecule has 690 valence electrons. The molecule has 1 N–H and O–H groups in total. The Morgan fingerprint density at radius 1 is 0.477 bits per heavy atom. The van der Waals surface area contributed by atoms with Crippen molar-refractivity contribution in [2.24, 2.45) is 0 Å². The number of fused-ring (bicyclic) bond motifs is 4. The van der Waals surface area contributed by atoms with Gasteiger partial charge in [0.25, 0.3) is 0 Å². The fourth-order valence-electron chi connectivity index (χ4n) is 18.6. The Labute approximate surface area is 836 Å². The summed E-state index contributed by atoms with van der Waals surface area (Å²) in [6.07, 6.45) is 2.36. The summed E-state index contributed by atoms with van der Waals surface area (Å²) in [4.78, 5) is 29.5. The molecule has 128 heavy (non-hydrogen) atoms. The van der Waals surface area contributed by atoms with Crippen LogP contribution in [0.3, 0.4) is 0 Å². The van der Waals surface area contributed by atoms with Crippen LogP contribution in [0.1, 0.15) is 225 Å². The van der Waals surface area contributed by atoms with E-state index in [1.807, 2.05) is 199 Å². The first-order valence-corrected chi connectivity index (χ1v) is 51.6. The number of halogens is 14. The first kappa shape index (κ1) is 101. The molecule has 8 aromatic rings. The van der Waals surface area contributed by atoms with Gasteiger partial charge in [0.2, 0.25) is 10.0 Å². The highest BCUT2D eigenvalue weighted by Crippen LogP contribution is 2.64. The Morgan fingerprint density at radius 2 is 0.758 bits per heavy atom. The summed E-state index contributed by atoms with van der Waals surface area (Å²) in [6.45, 7) is 39.1. The normalized spacial score (nSPS) is 26.3. The quantitative estimate of drug-likeness (QED) is 0.0428. The van der Waals surface area contributed by atoms with Gasteiger partial charge in [0.1, 0.15) is 57.5 Å². The Kier molecular flexibility index (Phi) is 29.9. The van der Waals surface area contributed by atoms with E-state index in [2.05, 4.69) is 154 Å². The molecule has 5 saturated heterocycles. The third-order valence-electron chi connectivity index (χ3n) is 26.2. The molecule has 0 aliphatic carbocycles. The maximum Gasteiger partial charge on any atom is 0.496 e. The molecule has 0 spiro atoms. The van der Waals surface area contributed by atoms with Crippen LogP contribution < -0.4 is 29.7 Å². The molecule has 5 fully saturated rings. The molecule has 9 aliphatic rings. The molecule has 0 bridgehead atoms. The molecule has 2 amide bonds. The van der Waals surface area contributed by atoms with Gasteiger partial charge in [0.15, 0.2) is 22.4 Å². The van der Waals surface area contributed by atoms with E-state index in [1.54, 1.807) is 34.9 Å². The van der Waals surface area contributed by atoms with Crippen molar-refractivity contribution < 1.29 is 73.3 Å². The molecule has 0 saturated carbocycles. The molecule has 17 rings (SSSR count). The monoisotopic (exact) mass is 2380 g/mol. The lowest BCUT2D eigenvalue weighted by atomic mass is 9.66. The Hall–Kier alpha value is -4.14. The third kappa shape index (κ3) is 18.4. The number of ether oxygens (including phenoxy) is 6. The van der Waals surface area contributed by atoms with Gasteiger partial charge in [-0.2, -0.15) is 4.31 Å². The molecule has 9 aliphatic heterocycles. The molecular weight excluding hydrogens is 2280 g/mol. The molecule has 9 heterocycles. The van der Waals surface area contributed by atoms with Crippen LogP contribution in [0, 0.1) is 23.3 Å². The largest absolute Gasteiger partial charge is 0.496 e. The second-order valence-electron chi connectivity index (χ2n) is 38.4. The predicted molar refractivity (Wildman–Crippen MR) is 536 cm³/mol. The van der Waals surface area contributed by atoms with Gasteiger partial charge in [-0.05, 0) is 206 Å². The molecule has 12 atom stereocenters. The van der Waals surface area contributed by atoms with Crippen LogP contribution in [0.4, 0.5) is 27.2 Å². The van der Waals surface area contributed by atoms with Gasteiger partial charge < -0.3 is 52.8 Å². The van der Waals surface area contributed by atoms with Crippen LogP contribution in [0.25, 0.3) is 0 Å². The number of benzene rings is 8. The zero-order valence-corrected chi connectivity index (χ0v) is 89.8. The minimum absolute atomic E-state index is 0.000778. The molecule has 4 unspecified atom stereocenters. The number of alkyl halides is 3. The molecule has 0 radical (unpaired) electrons. The second kappa shape index (κ2) is 37.7. The number of rotatable bonds is 11. The number of nitrogens with one attached hydrogen (secondary N) is 1. The number of carbonyl (C=O) groups is 2. The predicted octanol–water partition coefficient (Wildman–Crippen LogP) is 27.0. The minimum atomic E-state index is -3.57. The summed E-state index contributed by atoms with van der Waals surface area (Å²) in [7, 11) is -4.45. The van der Waals surface area contributed by atoms with Crippen molar-refractivity contribution in [3.8, 4) is 23.0 Å². The van der Waals surface area contributed by atoms with E-state index >= 15 is 4.39 Å². The van der Waals surface area contributed by atoms with Gasteiger partial charge in [-0.3, -0.25) is 0 Å². The van der Waals surface area contributed by atoms with E-state index in [-0.39, 0.29) is 68.0 Å². The van der Waals surface area contributed by atoms with Gasteiger partial charge in [-0.1, -0.05) is 263 Å². The van der Waals surface area contributed by atoms with Crippen molar-refractivity contribution >= 4 is 197 Å². The summed E-state index contributed by atoms with van der Waals surface area (Å²) in [5.41, 5.74) is 1.54. The van der Waals surface area contributed by atoms with Crippen molar-refractivity contribution in [2.45, 2.75) is 260 Å². The van der Waals surface area contributed by atoms with Crippen molar-refractivity contribution in [3.63, 3.8) is 0 Å². The van der Waals surface area contributed by atoms with E-state index in [0.717, 1.165) is 65.8 Å². The minimum Gasteiger partial charge on any atom is -0.480 e. The fourth-order valence-corrected chi connectivity index (χ4v) is 23.2. The zero-order chi connectivity index (χ0) is 94.0. The lowest BCUT2D eigenvalue weighted by molar-refractivity contribution is -0.0840. The summed E-state index contributed by atoms with van der Waals surface area (Å²) in [5.74, 6) is -1.12. The molecule has 16 nitrogen and oxygen atoms in total. The highest BCUT2D eigenvalue weighted by Gasteiger charge is 2.66. The number of carbonyl (C=O) groups excluding carboxylic acids is 2. The van der Waals surface area contributed by atoms with Gasteiger partial charge in [0.05, 0.1) is 62.1 Å². The molecular formula is C96H107BBr3Cl4F4I3N4O12S. The summed E-state index contributed by atoms with van der Waals surface area (Å²) in [5, 5.41) is 3.58. The molecule has 32 heteroatoms. The number of hydrogen-bond acceptors (Lipinski definition) is 13. The fraction of sp³-hybridized carbons (Fsp3) is 0.479. The van der Waals surface area contributed by atoms with E-state index in [9.17, 15) is 31.2 Å². The smallest absolute Gasteiger partial charge is 0.480 e. The maximum atomic E-state index is 15.3. The van der Waals surface area contributed by atoms with Crippen LogP contribution in [0.5, 0.6) is 23.0 Å². The van der Waals surface area contributed by atoms with Crippen molar-refractivity contribution in [1.29, 1.82) is 0 Å². The number of likely N-dealkylation sites (tertiary alicyclic amines) is 2. The number of hydrogen-bond donors (Lipinski definition) is 1. The van der Waals surface area contributed by atoms with Crippen LogP contribution >= 0.6 is 162 Å². The van der Waals surface area contributed by atoms with E-state index in [0.29, 0.717) is 77.8 Å². The lowest BCUT2D eigenvalue weighted by Crippen LogP contribution is -2.65. The first-order valence-electron chi connectivity index (χ1n) is 42.7. The van der Waals surface area contributed by atoms with Gasteiger partial charge in [-0.25, -0.2) is 35.6 Å². The number of sulfonamides is 1. The van der Waals surface area contributed by atoms with Gasteiger partial charge in [-0.15, -0.1) is 0 Å². The van der Waals surface area contributed by atoms with Gasteiger partial charge >= 0.3 is 19.3 Å². The van der Waals surface area contributed by atoms with E-state index in [1.165, 1.54) is 24.3 Å². The average Bonchev–Trinajstić information content (AvgIpc) is 1.51. The van der Waals surface area contributed by atoms with Crippen LogP contribution in [0.2, 0.25) is 20.1 Å². The second-order valence-corrected chi connectivity index (χ2v) is 52.6. The Bertz CT molecular complexity index is 5620. The Morgan fingerprint density at radius 3 is 1.03 bits per heavy atom. The van der Waals surface area contributed by atoms with Crippen LogP contribution in [-0.2, 0) is 51.2 Å². The third-order valence-corrected chi connectivity index (χ3v) is 39.6. The highest BCUT2D eigenvalue weighted by molar-refractivity contribution is 14.2. The summed E-state index contributed by atoms with van der Waals surface area (Å²) >= 11 is 42.8. The maximum absolute atomic E-state index is 15.3. The van der Waals surface area contributed by atoms with E-state index < -0.39 is 102 Å². The Balaban J connectivity index is 0.000000144. The highest BCUT2D eigenvalue weighted by atomic mass is 127. The van der Waals surface area contributed by atoms with Gasteiger partial charge in [0, 0.05) is 112 Å². The molecule has 8 aromatic carbocycles. The summed E-state index contributed by atoms with van der Waals surface area (Å²) < 4.78 is 138. The standard InChI is InChI=1S/C29H36BClFNO5.C23H24BrClFNO3.C22H24BrClFNO3S.C18H16BrClFNO.C4H7I3/c1-17-22-20(16-19(32)24(31)23(22)30-37-27(5,6)28(7,8)38-30)35-29(17,18-12-10-9-11-13-18)21-14-15-33(21)25(34)36-26(2,3)4;1-13-18-16(12-15(26)20(25)19(18)24)29-23(13,14-8-6-5-7-9-14)17-10-11-27(17)21(28)30-22(2,3)4;1-13-18-16(12-15(25)20(24)19(18)23)29-22(13,14-8-6-5-7-9-14)17-10-11-26(17)30(27,28)21(2,3)4;1-10-15-13(9-12(21)17(20)16(15)19)23-18(10,14-7-8-22-14)11-5-3-2-4-6-11;1-4(2,7)3(5)6/h9-13,16-17,21H,14-15H2,1-8H3;2*5-9,12-13,17H,10-11H2,1-4H3;2-6,9-10,14,22H,7-8H2,1H3;3H,1-2H3/t17-,21?,29-;13-,17?,23-;13-,17?,22-;10-,14?,18-;/m0000./s1. The van der Waals surface area contributed by atoms with Crippen molar-refractivity contribution in [3.05, 3.63) is 247 Å². The zero-order valence-electron chi connectivity index (χ0n) is 74.7. The first-order chi connectivity index (χ1) is 59.6. The molecule has 0 aromatic heterocycles. The summed E-state index contributed by atoms with van der Waals surface area (Å²) in [6, 6.07) is 43.9. The average molecular weight is 2390 g/mol. The topological polar surface area (TPSA) is 164 Å². The lowest BCUT2D eigenvalue weighted by Gasteiger charge is -2.52. The number of nitrogens with zero attached hydrogens (tertiary/aromatic N) is 3.